The summed E-state index contributed by atoms with van der Waals surface area (Å²) in [6.07, 6.45) is 0. The van der Waals surface area contributed by atoms with Gasteiger partial charge in [0.15, 0.2) is 0 Å². The number of hydrogen-bond acceptors (Lipinski definition) is 4. The normalized spacial score (nSPS) is 15.7. The topological polar surface area (TPSA) is 55.8 Å². The second-order valence-corrected chi connectivity index (χ2v) is 3.52. The van der Waals surface area contributed by atoms with Crippen LogP contribution in [0.3, 0.4) is 0 Å². The van der Waals surface area contributed by atoms with Gasteiger partial charge < -0.3 is 9.47 Å². The van der Waals surface area contributed by atoms with E-state index < -0.39 is 11.9 Å². The SMILES string of the molecule is CCOc1ccc(N2CCOC(=O)C2=O)cc1. The molecule has 0 saturated carbocycles. The number of anilines is 1. The number of carbonyl (C=O) groups is 2. The summed E-state index contributed by atoms with van der Waals surface area (Å²) in [5.41, 5.74) is 0.676. The molecule has 2 rings (SSSR count). The van der Waals surface area contributed by atoms with Gasteiger partial charge in [-0.1, -0.05) is 0 Å². The van der Waals surface area contributed by atoms with Gasteiger partial charge in [-0.05, 0) is 31.2 Å². The summed E-state index contributed by atoms with van der Waals surface area (Å²) in [6.45, 7) is 3.11. The predicted molar refractivity (Wildman–Crippen MR) is 60.9 cm³/mol. The number of nitrogens with zero attached hydrogens (tertiary/aromatic N) is 1. The van der Waals surface area contributed by atoms with E-state index in [1.807, 2.05) is 6.92 Å². The number of morpholine rings is 1. The van der Waals surface area contributed by atoms with Crippen LogP contribution in [0.25, 0.3) is 0 Å². The molecule has 0 aromatic heterocycles. The minimum absolute atomic E-state index is 0.234. The maximum absolute atomic E-state index is 11.6. The Morgan fingerprint density at radius 3 is 2.65 bits per heavy atom. The van der Waals surface area contributed by atoms with Crippen LogP contribution in [0.2, 0.25) is 0 Å². The second-order valence-electron chi connectivity index (χ2n) is 3.52. The van der Waals surface area contributed by atoms with Gasteiger partial charge >= 0.3 is 11.9 Å². The van der Waals surface area contributed by atoms with E-state index in [0.29, 0.717) is 18.8 Å². The molecule has 0 N–H and O–H groups in total. The van der Waals surface area contributed by atoms with Crippen molar-refractivity contribution in [3.8, 4) is 5.75 Å². The van der Waals surface area contributed by atoms with E-state index in [-0.39, 0.29) is 6.61 Å². The zero-order chi connectivity index (χ0) is 12.3. The van der Waals surface area contributed by atoms with Crippen LogP contribution in [0.4, 0.5) is 5.69 Å². The molecule has 1 saturated heterocycles. The van der Waals surface area contributed by atoms with Gasteiger partial charge in [0.1, 0.15) is 12.4 Å². The molecule has 90 valence electrons. The van der Waals surface area contributed by atoms with E-state index in [1.54, 1.807) is 24.3 Å². The highest BCUT2D eigenvalue weighted by Gasteiger charge is 2.29. The lowest BCUT2D eigenvalue weighted by atomic mass is 10.2. The molecule has 1 aromatic rings. The minimum atomic E-state index is -0.801. The van der Waals surface area contributed by atoms with Crippen molar-refractivity contribution >= 4 is 17.6 Å². The molecule has 1 fully saturated rings. The first-order valence-corrected chi connectivity index (χ1v) is 5.44. The number of hydrogen-bond donors (Lipinski definition) is 0. The molecule has 1 amide bonds. The summed E-state index contributed by atoms with van der Waals surface area (Å²) in [4.78, 5) is 24.1. The van der Waals surface area contributed by atoms with Crippen molar-refractivity contribution in [2.24, 2.45) is 0 Å². The zero-order valence-electron chi connectivity index (χ0n) is 9.51. The highest BCUT2D eigenvalue weighted by Crippen LogP contribution is 2.20. The first kappa shape index (κ1) is 11.4. The number of cyclic esters (lactones) is 1. The van der Waals surface area contributed by atoms with Crippen molar-refractivity contribution < 1.29 is 19.1 Å². The number of amides is 1. The molecule has 1 aromatic carbocycles. The molecule has 0 atom stereocenters. The van der Waals surface area contributed by atoms with Gasteiger partial charge in [0.25, 0.3) is 0 Å². The van der Waals surface area contributed by atoms with E-state index in [1.165, 1.54) is 4.90 Å². The van der Waals surface area contributed by atoms with Crippen molar-refractivity contribution in [1.82, 2.24) is 0 Å². The molecular weight excluding hydrogens is 222 g/mol. The third kappa shape index (κ3) is 2.38. The Morgan fingerprint density at radius 1 is 1.29 bits per heavy atom. The third-order valence-electron chi connectivity index (χ3n) is 2.43. The fourth-order valence-electron chi connectivity index (χ4n) is 1.64. The predicted octanol–water partition coefficient (Wildman–Crippen LogP) is 0.975. The summed E-state index contributed by atoms with van der Waals surface area (Å²) in [7, 11) is 0. The zero-order valence-corrected chi connectivity index (χ0v) is 9.51. The summed E-state index contributed by atoms with van der Waals surface area (Å²) in [5.74, 6) is -0.686. The Balaban J connectivity index is 2.16. The Labute approximate surface area is 98.9 Å². The largest absolute Gasteiger partial charge is 0.494 e. The molecule has 0 unspecified atom stereocenters. The lowest BCUT2D eigenvalue weighted by Crippen LogP contribution is -2.45. The van der Waals surface area contributed by atoms with Crippen molar-refractivity contribution in [3.05, 3.63) is 24.3 Å². The van der Waals surface area contributed by atoms with Crippen LogP contribution >= 0.6 is 0 Å². The Hall–Kier alpha value is -2.04. The van der Waals surface area contributed by atoms with Gasteiger partial charge in [-0.2, -0.15) is 0 Å². The Kier molecular flexibility index (Phi) is 3.27. The molecule has 0 bridgehead atoms. The highest BCUT2D eigenvalue weighted by atomic mass is 16.5. The molecule has 0 aliphatic carbocycles. The van der Waals surface area contributed by atoms with Gasteiger partial charge in [-0.15, -0.1) is 0 Å². The number of benzene rings is 1. The van der Waals surface area contributed by atoms with Gasteiger partial charge in [0, 0.05) is 5.69 Å². The quantitative estimate of drug-likeness (QED) is 0.578. The van der Waals surface area contributed by atoms with E-state index >= 15 is 0 Å². The summed E-state index contributed by atoms with van der Waals surface area (Å²) >= 11 is 0. The van der Waals surface area contributed by atoms with Crippen LogP contribution in [0.15, 0.2) is 24.3 Å². The molecule has 5 heteroatoms. The number of esters is 1. The fourth-order valence-corrected chi connectivity index (χ4v) is 1.64. The van der Waals surface area contributed by atoms with E-state index in [4.69, 9.17) is 4.74 Å². The smallest absolute Gasteiger partial charge is 0.397 e. The fraction of sp³-hybridized carbons (Fsp3) is 0.333. The molecule has 1 aliphatic rings. The third-order valence-corrected chi connectivity index (χ3v) is 2.43. The Bertz CT molecular complexity index is 427. The first-order chi connectivity index (χ1) is 8.22. The standard InChI is InChI=1S/C12H13NO4/c1-2-16-10-5-3-9(4-6-10)13-7-8-17-12(15)11(13)14/h3-6H,2,7-8H2,1H3. The molecule has 17 heavy (non-hydrogen) atoms. The molecular formula is C12H13NO4. The maximum atomic E-state index is 11.6. The first-order valence-electron chi connectivity index (χ1n) is 5.44. The molecule has 1 heterocycles. The van der Waals surface area contributed by atoms with Crippen LogP contribution in [-0.4, -0.2) is 31.6 Å². The minimum Gasteiger partial charge on any atom is -0.494 e. The van der Waals surface area contributed by atoms with Crippen molar-refractivity contribution in [2.45, 2.75) is 6.92 Å². The van der Waals surface area contributed by atoms with Crippen molar-refractivity contribution in [2.75, 3.05) is 24.7 Å². The monoisotopic (exact) mass is 235 g/mol. The van der Waals surface area contributed by atoms with Crippen molar-refractivity contribution in [3.63, 3.8) is 0 Å². The van der Waals surface area contributed by atoms with Crippen LogP contribution in [0.5, 0.6) is 5.75 Å². The lowest BCUT2D eigenvalue weighted by molar-refractivity contribution is -0.156. The average molecular weight is 235 g/mol. The lowest BCUT2D eigenvalue weighted by Gasteiger charge is -2.25. The van der Waals surface area contributed by atoms with Crippen LogP contribution in [0, 0.1) is 0 Å². The molecule has 0 spiro atoms. The Morgan fingerprint density at radius 2 is 2.00 bits per heavy atom. The molecule has 5 nitrogen and oxygen atoms in total. The van der Waals surface area contributed by atoms with E-state index in [2.05, 4.69) is 4.74 Å². The van der Waals surface area contributed by atoms with Crippen LogP contribution < -0.4 is 9.64 Å². The maximum Gasteiger partial charge on any atom is 0.397 e. The van der Waals surface area contributed by atoms with Crippen LogP contribution in [-0.2, 0) is 14.3 Å². The van der Waals surface area contributed by atoms with Crippen LogP contribution in [0.1, 0.15) is 6.92 Å². The number of carbonyl (C=O) groups excluding carboxylic acids is 2. The van der Waals surface area contributed by atoms with E-state index in [9.17, 15) is 9.59 Å². The van der Waals surface area contributed by atoms with Crippen molar-refractivity contribution in [1.29, 1.82) is 0 Å². The highest BCUT2D eigenvalue weighted by molar-refractivity contribution is 6.38. The molecule has 1 aliphatic heterocycles. The molecule has 0 radical (unpaired) electrons. The number of rotatable bonds is 3. The van der Waals surface area contributed by atoms with Gasteiger partial charge in [-0.3, -0.25) is 9.69 Å². The summed E-state index contributed by atoms with van der Waals surface area (Å²) in [5, 5.41) is 0. The van der Waals surface area contributed by atoms with E-state index in [0.717, 1.165) is 5.75 Å². The second kappa shape index (κ2) is 4.86. The van der Waals surface area contributed by atoms with Gasteiger partial charge in [0.05, 0.1) is 13.2 Å². The van der Waals surface area contributed by atoms with Gasteiger partial charge in [-0.25, -0.2) is 4.79 Å². The summed E-state index contributed by atoms with van der Waals surface area (Å²) in [6, 6.07) is 7.04. The average Bonchev–Trinajstić information content (AvgIpc) is 2.34. The van der Waals surface area contributed by atoms with Gasteiger partial charge in [0.2, 0.25) is 0 Å². The summed E-state index contributed by atoms with van der Waals surface area (Å²) < 4.78 is 9.95. The number of ether oxygens (including phenoxy) is 2.